The second kappa shape index (κ2) is 14.9. The molecule has 0 saturated carbocycles. The van der Waals surface area contributed by atoms with Crippen LogP contribution in [0.4, 0.5) is 0 Å². The van der Waals surface area contributed by atoms with Gasteiger partial charge in [-0.25, -0.2) is 9.67 Å². The average Bonchev–Trinajstić information content (AvgIpc) is 3.87. The molecule has 5 aromatic carbocycles. The van der Waals surface area contributed by atoms with E-state index in [4.69, 9.17) is 10.2 Å². The van der Waals surface area contributed by atoms with Crippen molar-refractivity contribution in [2.24, 2.45) is 0 Å². The van der Waals surface area contributed by atoms with Crippen molar-refractivity contribution in [3.8, 4) is 33.9 Å². The molecular weight excluding hydrogens is 657 g/mol. The number of aromatic nitrogens is 8. The van der Waals surface area contributed by atoms with Gasteiger partial charge in [-0.05, 0) is 50.2 Å². The Morgan fingerprint density at radius 2 is 1.26 bits per heavy atom. The van der Waals surface area contributed by atoms with Crippen LogP contribution in [0.3, 0.4) is 0 Å². The average molecular weight is 695 g/mol. The van der Waals surface area contributed by atoms with E-state index in [1.807, 2.05) is 29.1 Å². The maximum absolute atomic E-state index is 12.4. The summed E-state index contributed by atoms with van der Waals surface area (Å²) in [4.78, 5) is 8.97. The molecule has 260 valence electrons. The summed E-state index contributed by atoms with van der Waals surface area (Å²) in [5.74, 6) is 1.62. The lowest BCUT2D eigenvalue weighted by molar-refractivity contribution is -0.594. The summed E-state index contributed by atoms with van der Waals surface area (Å²) in [7, 11) is 0. The number of imidazole rings is 1. The number of rotatable bonds is 12. The van der Waals surface area contributed by atoms with Crippen LogP contribution < -0.4 is 4.73 Å². The molecule has 8 rings (SSSR count). The molecule has 0 atom stereocenters. The van der Waals surface area contributed by atoms with E-state index < -0.39 is 5.54 Å². The standard InChI is InChI=1S/C44H38N8O/c1-2-3-19-42-46-40(41-30-45-28-29-51(41)53)32-50(42)31-33-20-22-34(23-21-33)35-24-26-36(27-25-35)43-47-48-49-52(43)44(37-13-7-4-8-14-37,38-15-9-5-10-16-38)39-17-11-6-12-18-39/h4-18,20-30,32H,2-3,19,31H2,1H3. The van der Waals surface area contributed by atoms with E-state index in [1.54, 1.807) is 6.20 Å². The minimum Gasteiger partial charge on any atom is -0.618 e. The number of nitrogens with zero attached hydrogens (tertiary/aromatic N) is 8. The predicted molar refractivity (Wildman–Crippen MR) is 205 cm³/mol. The van der Waals surface area contributed by atoms with Crippen LogP contribution in [0.15, 0.2) is 164 Å². The van der Waals surface area contributed by atoms with Crippen molar-refractivity contribution < 1.29 is 4.73 Å². The number of benzene rings is 5. The molecule has 0 bridgehead atoms. The Kier molecular flexibility index (Phi) is 9.36. The molecule has 0 radical (unpaired) electrons. The summed E-state index contributed by atoms with van der Waals surface area (Å²) < 4.78 is 4.92. The molecule has 0 aliphatic rings. The Bertz CT molecular complexity index is 2310. The summed E-state index contributed by atoms with van der Waals surface area (Å²) in [6, 6.07) is 48.3. The zero-order chi connectivity index (χ0) is 36.0. The second-order valence-corrected chi connectivity index (χ2v) is 13.1. The minimum absolute atomic E-state index is 0.447. The summed E-state index contributed by atoms with van der Waals surface area (Å²) in [5.41, 5.74) is 7.67. The SMILES string of the molecule is CCCCc1nc(-c2cncc[n+]2[O-])cn1Cc1ccc(-c2ccc(-c3nnnn3C(c3ccccc3)(c3ccccc3)c3ccccc3)cc2)cc1. The molecule has 9 nitrogen and oxygen atoms in total. The smallest absolute Gasteiger partial charge is 0.262 e. The summed E-state index contributed by atoms with van der Waals surface area (Å²) in [6.07, 6.45) is 9.33. The Balaban J connectivity index is 1.10. The zero-order valence-electron chi connectivity index (χ0n) is 29.4. The van der Waals surface area contributed by atoms with Gasteiger partial charge in [0.1, 0.15) is 17.6 Å². The van der Waals surface area contributed by atoms with Crippen LogP contribution in [-0.2, 0) is 18.5 Å². The van der Waals surface area contributed by atoms with Crippen LogP contribution in [0.25, 0.3) is 33.9 Å². The maximum Gasteiger partial charge on any atom is 0.262 e. The monoisotopic (exact) mass is 694 g/mol. The lowest BCUT2D eigenvalue weighted by Crippen LogP contribution is -2.39. The highest BCUT2D eigenvalue weighted by Crippen LogP contribution is 2.42. The zero-order valence-corrected chi connectivity index (χ0v) is 29.4. The molecule has 0 spiro atoms. The van der Waals surface area contributed by atoms with Crippen LogP contribution in [-0.4, -0.2) is 34.7 Å². The molecule has 9 heteroatoms. The molecule has 0 aliphatic carbocycles. The molecule has 3 heterocycles. The van der Waals surface area contributed by atoms with E-state index in [0.717, 1.165) is 68.8 Å². The Hall–Kier alpha value is -6.74. The predicted octanol–water partition coefficient (Wildman–Crippen LogP) is 8.13. The van der Waals surface area contributed by atoms with Gasteiger partial charge < -0.3 is 9.77 Å². The van der Waals surface area contributed by atoms with Gasteiger partial charge in [-0.15, -0.1) is 5.10 Å². The van der Waals surface area contributed by atoms with Crippen LogP contribution in [0.5, 0.6) is 0 Å². The van der Waals surface area contributed by atoms with E-state index in [9.17, 15) is 5.21 Å². The number of unbranched alkanes of at least 4 members (excludes halogenated alkanes) is 1. The van der Waals surface area contributed by atoms with Crippen LogP contribution in [0, 0.1) is 5.21 Å². The molecule has 0 fully saturated rings. The van der Waals surface area contributed by atoms with Crippen molar-refractivity contribution in [2.45, 2.75) is 38.3 Å². The molecule has 53 heavy (non-hydrogen) atoms. The lowest BCUT2D eigenvalue weighted by atomic mass is 9.77. The number of tetrazole rings is 1. The third kappa shape index (κ3) is 6.49. The highest BCUT2D eigenvalue weighted by molar-refractivity contribution is 5.68. The topological polar surface area (TPSA) is 101 Å². The van der Waals surface area contributed by atoms with Crippen molar-refractivity contribution in [1.29, 1.82) is 0 Å². The number of hydrogen-bond acceptors (Lipinski definition) is 6. The van der Waals surface area contributed by atoms with Crippen LogP contribution >= 0.6 is 0 Å². The minimum atomic E-state index is -0.822. The van der Waals surface area contributed by atoms with Crippen molar-refractivity contribution in [3.63, 3.8) is 0 Å². The highest BCUT2D eigenvalue weighted by Gasteiger charge is 2.41. The number of aryl methyl sites for hydroxylation is 1. The van der Waals surface area contributed by atoms with Crippen molar-refractivity contribution in [2.75, 3.05) is 0 Å². The molecule has 0 N–H and O–H groups in total. The first-order valence-electron chi connectivity index (χ1n) is 17.9. The summed E-state index contributed by atoms with van der Waals surface area (Å²) in [5, 5.41) is 26.0. The van der Waals surface area contributed by atoms with Gasteiger partial charge in [0.15, 0.2) is 17.7 Å². The van der Waals surface area contributed by atoms with E-state index in [2.05, 4.69) is 148 Å². The normalized spacial score (nSPS) is 11.5. The van der Waals surface area contributed by atoms with Gasteiger partial charge in [0.05, 0.1) is 6.20 Å². The Morgan fingerprint density at radius 3 is 1.83 bits per heavy atom. The molecule has 3 aromatic heterocycles. The maximum atomic E-state index is 12.4. The van der Waals surface area contributed by atoms with Gasteiger partial charge >= 0.3 is 0 Å². The fraction of sp³-hybridized carbons (Fsp3) is 0.136. The van der Waals surface area contributed by atoms with Gasteiger partial charge in [0.2, 0.25) is 0 Å². The molecule has 8 aromatic rings. The van der Waals surface area contributed by atoms with E-state index >= 15 is 0 Å². The van der Waals surface area contributed by atoms with Gasteiger partial charge in [0, 0.05) is 24.7 Å². The highest BCUT2D eigenvalue weighted by atomic mass is 16.5. The van der Waals surface area contributed by atoms with E-state index in [1.165, 1.54) is 12.4 Å². The Morgan fingerprint density at radius 1 is 0.698 bits per heavy atom. The first-order chi connectivity index (χ1) is 26.1. The van der Waals surface area contributed by atoms with E-state index in [-0.39, 0.29) is 0 Å². The lowest BCUT2D eigenvalue weighted by Gasteiger charge is -2.36. The van der Waals surface area contributed by atoms with Crippen molar-refractivity contribution in [3.05, 3.63) is 198 Å². The third-order valence-electron chi connectivity index (χ3n) is 9.74. The largest absolute Gasteiger partial charge is 0.618 e. The summed E-state index contributed by atoms with van der Waals surface area (Å²) >= 11 is 0. The van der Waals surface area contributed by atoms with Crippen molar-refractivity contribution in [1.82, 2.24) is 34.7 Å². The van der Waals surface area contributed by atoms with Gasteiger partial charge in [-0.1, -0.05) is 153 Å². The van der Waals surface area contributed by atoms with Gasteiger partial charge in [-0.3, -0.25) is 4.98 Å². The van der Waals surface area contributed by atoms with E-state index in [0.29, 0.717) is 23.8 Å². The first kappa shape index (κ1) is 33.4. The molecule has 0 saturated heterocycles. The second-order valence-electron chi connectivity index (χ2n) is 13.1. The third-order valence-corrected chi connectivity index (χ3v) is 9.74. The molecule has 0 amide bonds. The van der Waals surface area contributed by atoms with Gasteiger partial charge in [-0.2, -0.15) is 4.73 Å². The van der Waals surface area contributed by atoms with Crippen LogP contribution in [0.2, 0.25) is 0 Å². The first-order valence-corrected chi connectivity index (χ1v) is 17.9. The fourth-order valence-electron chi connectivity index (χ4n) is 7.09. The number of hydrogen-bond donors (Lipinski definition) is 0. The fourth-order valence-corrected chi connectivity index (χ4v) is 7.09. The Labute approximate surface area is 308 Å². The van der Waals surface area contributed by atoms with Gasteiger partial charge in [0.25, 0.3) is 5.69 Å². The quantitative estimate of drug-likeness (QED) is 0.0728. The molecule has 0 aliphatic heterocycles. The van der Waals surface area contributed by atoms with Crippen molar-refractivity contribution >= 4 is 0 Å². The van der Waals surface area contributed by atoms with Crippen LogP contribution in [0.1, 0.15) is 47.8 Å². The molecule has 0 unspecified atom stereocenters. The molecular formula is C44H38N8O. The summed E-state index contributed by atoms with van der Waals surface area (Å²) in [6.45, 7) is 2.82.